The van der Waals surface area contributed by atoms with Crippen LogP contribution in [0.1, 0.15) is 12.6 Å². The third-order valence-corrected chi connectivity index (χ3v) is 4.30. The molecule has 21 heavy (non-hydrogen) atoms. The van der Waals surface area contributed by atoms with Gasteiger partial charge in [-0.1, -0.05) is 0 Å². The predicted octanol–water partition coefficient (Wildman–Crippen LogP) is -1.28. The summed E-state index contributed by atoms with van der Waals surface area (Å²) in [5.41, 5.74) is 0.338. The van der Waals surface area contributed by atoms with Crippen molar-refractivity contribution in [2.45, 2.75) is 29.9 Å². The van der Waals surface area contributed by atoms with Crippen molar-refractivity contribution in [2.24, 2.45) is 5.14 Å². The summed E-state index contributed by atoms with van der Waals surface area (Å²) in [5.74, 6) is 0. The second-order valence-electron chi connectivity index (χ2n) is 4.80. The minimum atomic E-state index is -3.96. The molecule has 10 heteroatoms. The van der Waals surface area contributed by atoms with Gasteiger partial charge in [0.15, 0.2) is 5.03 Å². The van der Waals surface area contributed by atoms with Gasteiger partial charge in [0.2, 0.25) is 0 Å². The van der Waals surface area contributed by atoms with Crippen molar-refractivity contribution in [1.82, 2.24) is 14.5 Å². The molecule has 0 saturated carbocycles. The molecule has 114 valence electrons. The van der Waals surface area contributed by atoms with Gasteiger partial charge >= 0.3 is 0 Å². The normalized spacial score (nSPS) is 26.5. The van der Waals surface area contributed by atoms with Crippen LogP contribution in [0.3, 0.4) is 0 Å². The fourth-order valence-electron chi connectivity index (χ4n) is 2.46. The van der Waals surface area contributed by atoms with Gasteiger partial charge in [-0.3, -0.25) is 0 Å². The van der Waals surface area contributed by atoms with Gasteiger partial charge in [0.25, 0.3) is 10.0 Å². The minimum absolute atomic E-state index is 0.261. The van der Waals surface area contributed by atoms with E-state index in [9.17, 15) is 13.5 Å². The first-order valence-electron chi connectivity index (χ1n) is 6.20. The summed E-state index contributed by atoms with van der Waals surface area (Å²) in [6, 6.07) is 1.52. The number of aromatic nitrogens is 3. The molecule has 3 heterocycles. The highest BCUT2D eigenvalue weighted by Crippen LogP contribution is 2.32. The first kappa shape index (κ1) is 14.4. The number of nitrogens with two attached hydrogens (primary N) is 1. The average molecular weight is 314 g/mol. The molecule has 2 aromatic heterocycles. The zero-order valence-electron chi connectivity index (χ0n) is 10.8. The number of hydrogen-bond acceptors (Lipinski definition) is 7. The molecule has 0 aliphatic carbocycles. The highest BCUT2D eigenvalue weighted by molar-refractivity contribution is 7.89. The van der Waals surface area contributed by atoms with E-state index in [-0.39, 0.29) is 23.4 Å². The van der Waals surface area contributed by atoms with Crippen molar-refractivity contribution in [2.75, 3.05) is 6.61 Å². The SMILES string of the molecule is NS(=O)(=O)c1ncnc2c1ccn2[C@H]1C[C@H](O)[C@@H](CO)O1. The van der Waals surface area contributed by atoms with Crippen molar-refractivity contribution < 1.29 is 23.4 Å². The number of ether oxygens (including phenoxy) is 1. The summed E-state index contributed by atoms with van der Waals surface area (Å²) in [7, 11) is -3.96. The number of aliphatic hydroxyl groups is 2. The Morgan fingerprint density at radius 2 is 2.24 bits per heavy atom. The summed E-state index contributed by atoms with van der Waals surface area (Å²) in [6.07, 6.45) is 0.949. The number of hydrogen-bond donors (Lipinski definition) is 3. The van der Waals surface area contributed by atoms with Gasteiger partial charge < -0.3 is 19.5 Å². The van der Waals surface area contributed by atoms with Gasteiger partial charge in [-0.15, -0.1) is 0 Å². The van der Waals surface area contributed by atoms with Crippen molar-refractivity contribution in [3.63, 3.8) is 0 Å². The van der Waals surface area contributed by atoms with E-state index in [4.69, 9.17) is 15.0 Å². The Labute approximate surface area is 120 Å². The minimum Gasteiger partial charge on any atom is -0.394 e. The highest BCUT2D eigenvalue weighted by Gasteiger charge is 2.35. The largest absolute Gasteiger partial charge is 0.394 e. The molecular formula is C11H14N4O5S. The molecule has 0 radical (unpaired) electrons. The predicted molar refractivity (Wildman–Crippen MR) is 70.5 cm³/mol. The van der Waals surface area contributed by atoms with Crippen molar-refractivity contribution in [1.29, 1.82) is 0 Å². The van der Waals surface area contributed by atoms with Crippen LogP contribution < -0.4 is 5.14 Å². The zero-order valence-corrected chi connectivity index (χ0v) is 11.6. The lowest BCUT2D eigenvalue weighted by atomic mass is 10.2. The van der Waals surface area contributed by atoms with Gasteiger partial charge in [-0.05, 0) is 6.07 Å². The van der Waals surface area contributed by atoms with Gasteiger partial charge in [0.1, 0.15) is 24.3 Å². The smallest absolute Gasteiger partial charge is 0.256 e. The Morgan fingerprint density at radius 3 is 2.86 bits per heavy atom. The van der Waals surface area contributed by atoms with Crippen LogP contribution in [0.25, 0.3) is 11.0 Å². The van der Waals surface area contributed by atoms with Crippen molar-refractivity contribution in [3.05, 3.63) is 18.6 Å². The molecule has 3 rings (SSSR count). The van der Waals surface area contributed by atoms with Gasteiger partial charge in [0, 0.05) is 12.6 Å². The van der Waals surface area contributed by atoms with E-state index in [1.165, 1.54) is 6.07 Å². The molecule has 0 amide bonds. The summed E-state index contributed by atoms with van der Waals surface area (Å²) in [4.78, 5) is 7.74. The highest BCUT2D eigenvalue weighted by atomic mass is 32.2. The van der Waals surface area contributed by atoms with E-state index in [0.29, 0.717) is 5.65 Å². The maximum absolute atomic E-state index is 11.5. The molecule has 0 aromatic carbocycles. The third kappa shape index (κ3) is 2.40. The number of primary sulfonamides is 1. The fraction of sp³-hybridized carbons (Fsp3) is 0.455. The number of aliphatic hydroxyl groups excluding tert-OH is 2. The number of sulfonamides is 1. The van der Waals surface area contributed by atoms with E-state index >= 15 is 0 Å². The molecule has 9 nitrogen and oxygen atoms in total. The van der Waals surface area contributed by atoms with E-state index < -0.39 is 28.5 Å². The molecule has 0 unspecified atom stereocenters. The Morgan fingerprint density at radius 1 is 1.48 bits per heavy atom. The molecule has 0 bridgehead atoms. The maximum Gasteiger partial charge on any atom is 0.256 e. The first-order chi connectivity index (χ1) is 9.91. The van der Waals surface area contributed by atoms with Crippen LogP contribution in [-0.4, -0.2) is 52.0 Å². The Bertz CT molecular complexity index is 774. The second kappa shape index (κ2) is 5.00. The van der Waals surface area contributed by atoms with Gasteiger partial charge in [0.05, 0.1) is 18.1 Å². The topological polar surface area (TPSA) is 141 Å². The van der Waals surface area contributed by atoms with E-state index in [0.717, 1.165) is 6.33 Å². The molecular weight excluding hydrogens is 300 g/mol. The molecule has 1 saturated heterocycles. The van der Waals surface area contributed by atoms with Crippen LogP contribution in [-0.2, 0) is 14.8 Å². The van der Waals surface area contributed by atoms with Crippen LogP contribution in [0.2, 0.25) is 0 Å². The first-order valence-corrected chi connectivity index (χ1v) is 7.75. The van der Waals surface area contributed by atoms with Crippen molar-refractivity contribution >= 4 is 21.1 Å². The lowest BCUT2D eigenvalue weighted by Crippen LogP contribution is -2.24. The van der Waals surface area contributed by atoms with Crippen LogP contribution in [0.4, 0.5) is 0 Å². The lowest BCUT2D eigenvalue weighted by Gasteiger charge is -2.14. The standard InChI is InChI=1S/C11H14N4O5S/c12-21(18,19)11-6-1-2-15(10(6)13-5-14-11)9-3-7(17)8(4-16)20-9/h1-2,5,7-9,16-17H,3-4H2,(H2,12,18,19)/t7-,8+,9+/m0/s1. The Kier molecular flexibility index (Phi) is 3.42. The molecule has 4 N–H and O–H groups in total. The number of rotatable bonds is 3. The van der Waals surface area contributed by atoms with Crippen molar-refractivity contribution in [3.8, 4) is 0 Å². The van der Waals surface area contributed by atoms with E-state index in [1.807, 2.05) is 0 Å². The van der Waals surface area contributed by atoms with Gasteiger partial charge in [-0.2, -0.15) is 0 Å². The lowest BCUT2D eigenvalue weighted by molar-refractivity contribution is -0.0430. The van der Waals surface area contributed by atoms with E-state index in [2.05, 4.69) is 9.97 Å². The second-order valence-corrected chi connectivity index (χ2v) is 6.28. The summed E-state index contributed by atoms with van der Waals surface area (Å²) in [6.45, 7) is -0.297. The van der Waals surface area contributed by atoms with Crippen LogP contribution in [0.5, 0.6) is 0 Å². The third-order valence-electron chi connectivity index (χ3n) is 3.44. The zero-order chi connectivity index (χ0) is 15.2. The Balaban J connectivity index is 2.07. The maximum atomic E-state index is 11.5. The molecule has 2 aromatic rings. The summed E-state index contributed by atoms with van der Waals surface area (Å²) < 4.78 is 30.1. The molecule has 1 aliphatic heterocycles. The average Bonchev–Trinajstić information content (AvgIpc) is 3.00. The fourth-order valence-corrected chi connectivity index (χ4v) is 3.12. The Hall–Kier alpha value is -1.59. The number of nitrogens with zero attached hydrogens (tertiary/aromatic N) is 3. The van der Waals surface area contributed by atoms with Crippen LogP contribution in [0.15, 0.2) is 23.6 Å². The number of fused-ring (bicyclic) bond motifs is 1. The molecule has 3 atom stereocenters. The molecule has 1 aliphatic rings. The summed E-state index contributed by atoms with van der Waals surface area (Å²) >= 11 is 0. The quantitative estimate of drug-likeness (QED) is 0.599. The van der Waals surface area contributed by atoms with E-state index in [1.54, 1.807) is 10.8 Å². The molecule has 1 fully saturated rings. The van der Waals surface area contributed by atoms with Crippen LogP contribution >= 0.6 is 0 Å². The summed E-state index contributed by atoms with van der Waals surface area (Å²) in [5, 5.41) is 24.0. The van der Waals surface area contributed by atoms with Gasteiger partial charge in [-0.25, -0.2) is 23.5 Å². The van der Waals surface area contributed by atoms with Crippen LogP contribution in [0, 0.1) is 0 Å². The monoisotopic (exact) mass is 314 g/mol. The molecule has 0 spiro atoms.